The normalized spacial score (nSPS) is 11.4. The lowest BCUT2D eigenvalue weighted by molar-refractivity contribution is 0.102. The molecule has 5 nitrogen and oxygen atoms in total. The van der Waals surface area contributed by atoms with E-state index in [1.165, 1.54) is 20.2 Å². The molecular formula is C21H19BrN2O3S. The summed E-state index contributed by atoms with van der Waals surface area (Å²) >= 11 is 3.24. The standard InChI is InChI=1S/C21H19BrN2O3S/c1-24(2)28(26,27)20-14-17(10-13-19(20)22)21(25)23-18-11-8-16(9-12-18)15-6-4-3-5-7-15/h3-14H,1-2H3,(H,23,25). The van der Waals surface area contributed by atoms with Gasteiger partial charge in [-0.1, -0.05) is 42.5 Å². The minimum absolute atomic E-state index is 0.0459. The molecule has 0 fully saturated rings. The van der Waals surface area contributed by atoms with Gasteiger partial charge in [-0.3, -0.25) is 4.79 Å². The first-order valence-corrected chi connectivity index (χ1v) is 10.7. The number of nitrogens with zero attached hydrogens (tertiary/aromatic N) is 1. The number of sulfonamides is 1. The molecule has 0 aliphatic carbocycles. The summed E-state index contributed by atoms with van der Waals surface area (Å²) < 4.78 is 26.4. The Labute approximate surface area is 173 Å². The first kappa shape index (κ1) is 20.3. The van der Waals surface area contributed by atoms with Gasteiger partial charge in [-0.15, -0.1) is 0 Å². The van der Waals surface area contributed by atoms with Gasteiger partial charge in [0, 0.05) is 29.8 Å². The Morgan fingerprint density at radius 1 is 0.893 bits per heavy atom. The third-order valence-electron chi connectivity index (χ3n) is 4.20. The zero-order chi connectivity index (χ0) is 20.3. The van der Waals surface area contributed by atoms with E-state index in [9.17, 15) is 13.2 Å². The van der Waals surface area contributed by atoms with Gasteiger partial charge in [-0.05, 0) is 57.4 Å². The minimum atomic E-state index is -3.67. The van der Waals surface area contributed by atoms with Gasteiger partial charge in [0.25, 0.3) is 5.91 Å². The third-order valence-corrected chi connectivity index (χ3v) is 7.01. The number of anilines is 1. The van der Waals surface area contributed by atoms with Gasteiger partial charge >= 0.3 is 0 Å². The molecule has 0 bridgehead atoms. The monoisotopic (exact) mass is 458 g/mol. The average Bonchev–Trinajstić information content (AvgIpc) is 2.69. The highest BCUT2D eigenvalue weighted by Crippen LogP contribution is 2.26. The van der Waals surface area contributed by atoms with Crippen molar-refractivity contribution in [2.24, 2.45) is 0 Å². The van der Waals surface area contributed by atoms with Crippen LogP contribution in [-0.4, -0.2) is 32.7 Å². The SMILES string of the molecule is CN(C)S(=O)(=O)c1cc(C(=O)Nc2ccc(-c3ccccc3)cc2)ccc1Br. The Morgan fingerprint density at radius 3 is 2.11 bits per heavy atom. The van der Waals surface area contributed by atoms with Gasteiger partial charge in [0.1, 0.15) is 0 Å². The second-order valence-electron chi connectivity index (χ2n) is 6.33. The van der Waals surface area contributed by atoms with Crippen molar-refractivity contribution < 1.29 is 13.2 Å². The molecule has 144 valence electrons. The van der Waals surface area contributed by atoms with Crippen LogP contribution in [0.2, 0.25) is 0 Å². The highest BCUT2D eigenvalue weighted by Gasteiger charge is 2.22. The number of nitrogens with one attached hydrogen (secondary N) is 1. The van der Waals surface area contributed by atoms with Crippen molar-refractivity contribution >= 4 is 37.5 Å². The van der Waals surface area contributed by atoms with E-state index in [0.717, 1.165) is 15.4 Å². The number of halogens is 1. The van der Waals surface area contributed by atoms with E-state index in [2.05, 4.69) is 21.2 Å². The summed E-state index contributed by atoms with van der Waals surface area (Å²) in [6, 6.07) is 21.9. The lowest BCUT2D eigenvalue weighted by Crippen LogP contribution is -2.23. The molecule has 1 amide bonds. The average molecular weight is 459 g/mol. The zero-order valence-corrected chi connectivity index (χ0v) is 17.8. The van der Waals surface area contributed by atoms with E-state index in [1.807, 2.05) is 54.6 Å². The van der Waals surface area contributed by atoms with Crippen LogP contribution in [0.25, 0.3) is 11.1 Å². The van der Waals surface area contributed by atoms with Crippen LogP contribution in [0.5, 0.6) is 0 Å². The molecule has 0 atom stereocenters. The van der Waals surface area contributed by atoms with Crippen molar-refractivity contribution in [3.63, 3.8) is 0 Å². The van der Waals surface area contributed by atoms with Crippen LogP contribution in [0.3, 0.4) is 0 Å². The van der Waals surface area contributed by atoms with Crippen molar-refractivity contribution in [1.29, 1.82) is 0 Å². The highest BCUT2D eigenvalue weighted by atomic mass is 79.9. The first-order chi connectivity index (χ1) is 13.3. The molecule has 0 aliphatic rings. The van der Waals surface area contributed by atoms with Crippen LogP contribution in [-0.2, 0) is 10.0 Å². The van der Waals surface area contributed by atoms with Gasteiger partial charge in [0.2, 0.25) is 10.0 Å². The molecule has 0 spiro atoms. The summed E-state index contributed by atoms with van der Waals surface area (Å²) in [5.74, 6) is -0.379. The highest BCUT2D eigenvalue weighted by molar-refractivity contribution is 9.10. The zero-order valence-electron chi connectivity index (χ0n) is 15.4. The van der Waals surface area contributed by atoms with Crippen LogP contribution in [0, 0.1) is 0 Å². The minimum Gasteiger partial charge on any atom is -0.322 e. The largest absolute Gasteiger partial charge is 0.322 e. The molecule has 1 N–H and O–H groups in total. The number of carbonyl (C=O) groups is 1. The van der Waals surface area contributed by atoms with Crippen LogP contribution in [0.1, 0.15) is 10.4 Å². The Balaban J connectivity index is 1.82. The number of rotatable bonds is 5. The predicted octanol–water partition coefficient (Wildman–Crippen LogP) is 4.62. The summed E-state index contributed by atoms with van der Waals surface area (Å²) in [6.07, 6.45) is 0. The predicted molar refractivity (Wildman–Crippen MR) is 115 cm³/mol. The summed E-state index contributed by atoms with van der Waals surface area (Å²) in [7, 11) is -0.772. The molecule has 0 saturated carbocycles. The van der Waals surface area contributed by atoms with E-state index >= 15 is 0 Å². The van der Waals surface area contributed by atoms with Gasteiger partial charge in [-0.2, -0.15) is 0 Å². The molecule has 3 rings (SSSR count). The number of hydrogen-bond acceptors (Lipinski definition) is 3. The van der Waals surface area contributed by atoms with E-state index < -0.39 is 10.0 Å². The number of hydrogen-bond donors (Lipinski definition) is 1. The van der Waals surface area contributed by atoms with Crippen LogP contribution in [0.15, 0.2) is 82.2 Å². The molecule has 3 aromatic carbocycles. The molecule has 0 heterocycles. The molecule has 0 radical (unpaired) electrons. The quantitative estimate of drug-likeness (QED) is 0.606. The first-order valence-electron chi connectivity index (χ1n) is 8.48. The van der Waals surface area contributed by atoms with Gasteiger partial charge in [0.15, 0.2) is 0 Å². The van der Waals surface area contributed by atoms with Crippen LogP contribution < -0.4 is 5.32 Å². The van der Waals surface area contributed by atoms with Crippen molar-refractivity contribution in [3.8, 4) is 11.1 Å². The summed E-state index contributed by atoms with van der Waals surface area (Å²) in [4.78, 5) is 12.6. The summed E-state index contributed by atoms with van der Waals surface area (Å²) in [6.45, 7) is 0. The van der Waals surface area contributed by atoms with E-state index in [0.29, 0.717) is 10.2 Å². The van der Waals surface area contributed by atoms with Crippen molar-refractivity contribution in [3.05, 3.63) is 82.8 Å². The Kier molecular flexibility index (Phi) is 5.98. The lowest BCUT2D eigenvalue weighted by atomic mass is 10.1. The van der Waals surface area contributed by atoms with E-state index in [-0.39, 0.29) is 16.4 Å². The van der Waals surface area contributed by atoms with Crippen molar-refractivity contribution in [2.75, 3.05) is 19.4 Å². The van der Waals surface area contributed by atoms with Crippen LogP contribution >= 0.6 is 15.9 Å². The Hall–Kier alpha value is -2.48. The van der Waals surface area contributed by atoms with Gasteiger partial charge in [0.05, 0.1) is 4.90 Å². The third kappa shape index (κ3) is 4.32. The summed E-state index contributed by atoms with van der Waals surface area (Å²) in [5, 5.41) is 2.80. The molecular weight excluding hydrogens is 440 g/mol. The van der Waals surface area contributed by atoms with E-state index in [4.69, 9.17) is 0 Å². The maximum atomic E-state index is 12.6. The fourth-order valence-electron chi connectivity index (χ4n) is 2.62. The van der Waals surface area contributed by atoms with E-state index in [1.54, 1.807) is 12.1 Å². The molecule has 28 heavy (non-hydrogen) atoms. The lowest BCUT2D eigenvalue weighted by Gasteiger charge is -2.14. The molecule has 0 aromatic heterocycles. The molecule has 0 unspecified atom stereocenters. The Morgan fingerprint density at radius 2 is 1.50 bits per heavy atom. The van der Waals surface area contributed by atoms with Gasteiger partial charge in [-0.25, -0.2) is 12.7 Å². The second-order valence-corrected chi connectivity index (χ2v) is 9.30. The maximum absolute atomic E-state index is 12.6. The maximum Gasteiger partial charge on any atom is 0.255 e. The molecule has 3 aromatic rings. The fraction of sp³-hybridized carbons (Fsp3) is 0.0952. The number of benzene rings is 3. The topological polar surface area (TPSA) is 66.5 Å². The molecule has 0 saturated heterocycles. The van der Waals surface area contributed by atoms with Crippen molar-refractivity contribution in [2.45, 2.75) is 4.90 Å². The molecule has 7 heteroatoms. The van der Waals surface area contributed by atoms with Crippen molar-refractivity contribution in [1.82, 2.24) is 4.31 Å². The smallest absolute Gasteiger partial charge is 0.255 e. The fourth-order valence-corrected chi connectivity index (χ4v) is 4.46. The van der Waals surface area contributed by atoms with Gasteiger partial charge < -0.3 is 5.32 Å². The number of carbonyl (C=O) groups excluding carboxylic acids is 1. The second kappa shape index (κ2) is 8.26. The Bertz CT molecular complexity index is 1100. The molecule has 0 aliphatic heterocycles. The van der Waals surface area contributed by atoms with Crippen LogP contribution in [0.4, 0.5) is 5.69 Å². The number of amides is 1. The summed E-state index contributed by atoms with van der Waals surface area (Å²) in [5.41, 5.74) is 3.02.